The monoisotopic (exact) mass is 806 g/mol. The second-order valence-electron chi connectivity index (χ2n) is 15.8. The van der Waals surface area contributed by atoms with Crippen molar-refractivity contribution >= 4 is 11.5 Å². The van der Waals surface area contributed by atoms with Crippen LogP contribution in [0.25, 0.3) is 0 Å². The maximum absolute atomic E-state index is 13.7. The Kier molecular flexibility index (Phi) is 15.5. The highest BCUT2D eigenvalue weighted by Crippen LogP contribution is 2.39. The topological polar surface area (TPSA) is 174 Å². The Morgan fingerprint density at radius 1 is 0.933 bits per heavy atom. The zero-order valence-corrected chi connectivity index (χ0v) is 34.4. The summed E-state index contributed by atoms with van der Waals surface area (Å²) in [6.07, 6.45) is 13.8. The van der Waals surface area contributed by atoms with Crippen molar-refractivity contribution in [2.75, 3.05) is 13.2 Å². The van der Waals surface area contributed by atoms with Crippen LogP contribution in [0, 0.1) is 17.8 Å². The summed E-state index contributed by atoms with van der Waals surface area (Å²) in [6.45, 7) is 2.68. The number of carbonyl (C=O) groups excluding carboxylic acids is 1. The molecule has 0 spiro atoms. The molecule has 0 bridgehead atoms. The van der Waals surface area contributed by atoms with Gasteiger partial charge in [0.2, 0.25) is 0 Å². The van der Waals surface area contributed by atoms with Gasteiger partial charge >= 0.3 is 0 Å². The number of aliphatic hydroxyl groups is 1. The number of aliphatic imine (C=N–C) groups is 1. The van der Waals surface area contributed by atoms with Crippen LogP contribution >= 0.6 is 0 Å². The first-order valence-electron chi connectivity index (χ1n) is 21.0. The van der Waals surface area contributed by atoms with Gasteiger partial charge in [0.1, 0.15) is 5.75 Å². The van der Waals surface area contributed by atoms with Gasteiger partial charge in [-0.25, -0.2) is 0 Å². The van der Waals surface area contributed by atoms with Crippen LogP contribution in [-0.2, 0) is 30.5 Å². The molecule has 4 aromatic carbocycles. The van der Waals surface area contributed by atoms with E-state index in [1.807, 2.05) is 42.5 Å². The average Bonchev–Trinajstić information content (AvgIpc) is 3.72. The number of fused-ring (bicyclic) bond motifs is 2. The Hall–Kier alpha value is -5.92. The smallest absolute Gasteiger partial charge is 0.161 e. The third-order valence-electron chi connectivity index (χ3n) is 11.4. The van der Waals surface area contributed by atoms with Crippen molar-refractivity contribution in [1.82, 2.24) is 0 Å². The number of hydrogen-bond acceptors (Lipinski definition) is 9. The zero-order chi connectivity index (χ0) is 42.4. The van der Waals surface area contributed by atoms with Gasteiger partial charge in [0.05, 0.1) is 24.9 Å². The van der Waals surface area contributed by atoms with Gasteiger partial charge in [0, 0.05) is 42.7 Å². The summed E-state index contributed by atoms with van der Waals surface area (Å²) in [4.78, 5) is 17.1. The summed E-state index contributed by atoms with van der Waals surface area (Å²) in [5, 5.41) is 44.9. The Morgan fingerprint density at radius 3 is 2.48 bits per heavy atom. The number of benzene rings is 4. The number of hydrogen-bond donors (Lipinski definition) is 5. The van der Waals surface area contributed by atoms with Crippen molar-refractivity contribution in [2.24, 2.45) is 22.4 Å². The third-order valence-corrected chi connectivity index (χ3v) is 11.4. The fourth-order valence-corrected chi connectivity index (χ4v) is 7.87. The highest BCUT2D eigenvalue weighted by atomic mass is 16.5. The van der Waals surface area contributed by atoms with Crippen LogP contribution in [-0.4, -0.2) is 40.0 Å². The molecule has 0 unspecified atom stereocenters. The Morgan fingerprint density at radius 2 is 1.70 bits per heavy atom. The van der Waals surface area contributed by atoms with Crippen molar-refractivity contribution in [3.8, 4) is 29.1 Å². The van der Waals surface area contributed by atoms with Crippen LogP contribution in [0.4, 0.5) is 0 Å². The first-order chi connectivity index (χ1) is 29.1. The van der Waals surface area contributed by atoms with Crippen molar-refractivity contribution < 1.29 is 30.0 Å². The molecule has 0 fully saturated rings. The lowest BCUT2D eigenvalue weighted by Gasteiger charge is -2.27. The zero-order valence-electron chi connectivity index (χ0n) is 34.4. The van der Waals surface area contributed by atoms with Crippen LogP contribution in [0.15, 0.2) is 120 Å². The van der Waals surface area contributed by atoms with Crippen LogP contribution in [0.3, 0.4) is 0 Å². The molecule has 9 nitrogen and oxygen atoms in total. The molecule has 4 aromatic rings. The van der Waals surface area contributed by atoms with Gasteiger partial charge in [-0.1, -0.05) is 85.9 Å². The molecule has 1 aliphatic carbocycles. The Bertz CT molecular complexity index is 2330. The van der Waals surface area contributed by atoms with Gasteiger partial charge in [0.15, 0.2) is 17.3 Å². The van der Waals surface area contributed by atoms with Gasteiger partial charge in [-0.2, -0.15) is 0 Å². The normalized spacial score (nSPS) is 15.3. The second-order valence-corrected chi connectivity index (χ2v) is 15.8. The summed E-state index contributed by atoms with van der Waals surface area (Å²) >= 11 is 0. The number of phenols is 2. The number of ketones is 1. The maximum atomic E-state index is 13.7. The number of nitrogens with two attached hydrogens (primary N) is 2. The number of rotatable bonds is 19. The quantitative estimate of drug-likeness (QED) is 0.0280. The number of aryl methyl sites for hydroxylation is 2. The highest BCUT2D eigenvalue weighted by molar-refractivity contribution is 6.06. The predicted molar refractivity (Wildman–Crippen MR) is 236 cm³/mol. The van der Waals surface area contributed by atoms with E-state index in [2.05, 4.69) is 42.0 Å². The van der Waals surface area contributed by atoms with Crippen LogP contribution in [0.1, 0.15) is 108 Å². The first-order valence-corrected chi connectivity index (χ1v) is 21.0. The van der Waals surface area contributed by atoms with E-state index in [0.717, 1.165) is 48.8 Å². The van der Waals surface area contributed by atoms with Gasteiger partial charge in [-0.15, -0.1) is 5.76 Å². The average molecular weight is 807 g/mol. The lowest BCUT2D eigenvalue weighted by Crippen LogP contribution is -2.21. The minimum absolute atomic E-state index is 0.00985. The van der Waals surface area contributed by atoms with E-state index >= 15 is 0 Å². The molecular formula is C51H56N3O6-. The largest absolute Gasteiger partial charge is 0.875 e. The fraction of sp³-hybridized carbons (Fsp3) is 0.333. The van der Waals surface area contributed by atoms with Crippen LogP contribution in [0.5, 0.6) is 17.2 Å². The van der Waals surface area contributed by atoms with E-state index < -0.39 is 12.1 Å². The van der Waals surface area contributed by atoms with Crippen molar-refractivity contribution in [1.29, 1.82) is 0 Å². The van der Waals surface area contributed by atoms with E-state index in [1.54, 1.807) is 42.6 Å². The molecule has 0 saturated carbocycles. The second kappa shape index (κ2) is 21.4. The fourth-order valence-electron chi connectivity index (χ4n) is 7.87. The SMILES string of the molecule is C[C@H](CCC/C=C/C(=O)CCc1ccc(O)c(OCCc2ccc(O)c([C@@H]3CC([O-])=C4C=CN=C4CC#Cc4cc(C(N)N)ccc43)c2)c1)CCc1ccccc1CCO. The number of carbonyl (C=O) groups is 1. The highest BCUT2D eigenvalue weighted by Gasteiger charge is 2.24. The number of aliphatic hydroxyl groups excluding tert-OH is 1. The predicted octanol–water partition coefficient (Wildman–Crippen LogP) is 7.53. The summed E-state index contributed by atoms with van der Waals surface area (Å²) in [6, 6.07) is 24.4. The van der Waals surface area contributed by atoms with Gasteiger partial charge < -0.3 is 36.6 Å². The van der Waals surface area contributed by atoms with Gasteiger partial charge in [-0.05, 0) is 126 Å². The van der Waals surface area contributed by atoms with E-state index in [1.165, 1.54) is 11.1 Å². The number of allylic oxidation sites excluding steroid dienone is 5. The molecule has 0 radical (unpaired) electrons. The molecule has 7 N–H and O–H groups in total. The van der Waals surface area contributed by atoms with E-state index in [4.69, 9.17) is 16.2 Å². The minimum Gasteiger partial charge on any atom is -0.875 e. The molecule has 2 atom stereocenters. The summed E-state index contributed by atoms with van der Waals surface area (Å²) in [7, 11) is 0. The van der Waals surface area contributed by atoms with Crippen LogP contribution in [0.2, 0.25) is 0 Å². The molecule has 0 saturated heterocycles. The van der Waals surface area contributed by atoms with E-state index in [-0.39, 0.29) is 42.7 Å². The van der Waals surface area contributed by atoms with E-state index in [0.29, 0.717) is 71.7 Å². The molecular weight excluding hydrogens is 751 g/mol. The molecule has 9 heteroatoms. The molecule has 1 heterocycles. The molecule has 0 aromatic heterocycles. The molecule has 2 aliphatic rings. The first kappa shape index (κ1) is 43.7. The van der Waals surface area contributed by atoms with Crippen molar-refractivity contribution in [3.05, 3.63) is 159 Å². The number of ether oxygens (including phenoxy) is 1. The lowest BCUT2D eigenvalue weighted by atomic mass is 9.82. The minimum atomic E-state index is -0.697. The summed E-state index contributed by atoms with van der Waals surface area (Å²) in [5.41, 5.74) is 20.2. The Labute approximate surface area is 353 Å². The number of aromatic hydroxyl groups is 2. The van der Waals surface area contributed by atoms with Gasteiger partial charge in [-0.3, -0.25) is 9.79 Å². The number of nitrogens with zero attached hydrogens (tertiary/aromatic N) is 1. The maximum Gasteiger partial charge on any atom is 0.161 e. The summed E-state index contributed by atoms with van der Waals surface area (Å²) in [5.74, 6) is 6.84. The van der Waals surface area contributed by atoms with Crippen molar-refractivity contribution in [3.63, 3.8) is 0 Å². The lowest BCUT2D eigenvalue weighted by molar-refractivity contribution is -0.307. The molecule has 60 heavy (non-hydrogen) atoms. The molecule has 1 aliphatic heterocycles. The molecule has 0 amide bonds. The van der Waals surface area contributed by atoms with Crippen LogP contribution < -0.4 is 21.3 Å². The van der Waals surface area contributed by atoms with E-state index in [9.17, 15) is 25.2 Å². The molecule has 312 valence electrons. The third kappa shape index (κ3) is 11.9. The standard InChI is InChI=1S/C51H57N3O6/c1-34(14-18-37-9-5-6-10-38(37)25-28-55)8-3-2-4-12-41(56)20-15-35-17-23-48(58)50(31-35)60-29-26-36-16-22-47(57)45(30-36)44-33-49(59)43-24-27-54-46(43)13-7-11-39-32-40(51(52)53)19-21-42(39)44/h4-6,9-10,12,16-17,19,21-24,27,30-32,34,44,51,55,57-59H,2-3,8,13-15,18,20,25-26,28-29,33,52-53H2,1H3/p-1/b12-4+,49-43?/t34-,44-/m1/s1. The summed E-state index contributed by atoms with van der Waals surface area (Å²) < 4.78 is 6.06. The number of unbranched alkanes of at least 4 members (excludes halogenated alkanes) is 1. The molecule has 6 rings (SSSR count). The Balaban J connectivity index is 1.02. The number of phenolic OH excluding ortho intramolecular Hbond substituents is 2. The van der Waals surface area contributed by atoms with Crippen molar-refractivity contribution in [2.45, 2.75) is 89.6 Å². The van der Waals surface area contributed by atoms with Gasteiger partial charge in [0.25, 0.3) is 0 Å².